The molecule has 0 radical (unpaired) electrons. The van der Waals surface area contributed by atoms with Gasteiger partial charge in [-0.15, -0.1) is 0 Å². The van der Waals surface area contributed by atoms with E-state index in [1.165, 1.54) is 21.3 Å². The quantitative estimate of drug-likeness (QED) is 0.751. The Balaban J connectivity index is 1.75. The first-order valence-electron chi connectivity index (χ1n) is 9.10. The Morgan fingerprint density at radius 1 is 1.00 bits per heavy atom. The van der Waals surface area contributed by atoms with Gasteiger partial charge in [0.25, 0.3) is 5.91 Å². The molecular weight excluding hydrogens is 374 g/mol. The molecule has 0 atom stereocenters. The van der Waals surface area contributed by atoms with Gasteiger partial charge in [0, 0.05) is 37.4 Å². The molecule has 0 aliphatic carbocycles. The molecule has 152 valence electrons. The Bertz CT molecular complexity index is 923. The lowest BCUT2D eigenvalue weighted by Crippen LogP contribution is -2.49. The highest BCUT2D eigenvalue weighted by molar-refractivity contribution is 5.95. The number of rotatable bonds is 5. The van der Waals surface area contributed by atoms with Gasteiger partial charge < -0.3 is 24.0 Å². The molecule has 0 saturated carbocycles. The van der Waals surface area contributed by atoms with Gasteiger partial charge in [0.1, 0.15) is 11.8 Å². The van der Waals surface area contributed by atoms with Crippen molar-refractivity contribution in [2.24, 2.45) is 0 Å². The summed E-state index contributed by atoms with van der Waals surface area (Å²) in [5.41, 5.74) is 1.54. The number of aromatic nitrogens is 2. The summed E-state index contributed by atoms with van der Waals surface area (Å²) in [5.74, 6) is 1.71. The monoisotopic (exact) mass is 397 g/mol. The minimum absolute atomic E-state index is 0.119. The first kappa shape index (κ1) is 20.2. The number of methoxy groups -OCH3 is 3. The second kappa shape index (κ2) is 8.65. The third-order valence-corrected chi connectivity index (χ3v) is 4.72. The Morgan fingerprint density at radius 3 is 2.14 bits per heavy atom. The number of carbonyl (C=O) groups is 1. The van der Waals surface area contributed by atoms with E-state index < -0.39 is 0 Å². The molecule has 0 N–H and O–H groups in total. The maximum Gasteiger partial charge on any atom is 0.254 e. The number of piperazine rings is 1. The maximum absolute atomic E-state index is 13.0. The first-order valence-corrected chi connectivity index (χ1v) is 9.10. The summed E-state index contributed by atoms with van der Waals surface area (Å²) in [5, 5.41) is 9.11. The van der Waals surface area contributed by atoms with Gasteiger partial charge in [-0.2, -0.15) is 5.26 Å². The van der Waals surface area contributed by atoms with Crippen LogP contribution in [0.2, 0.25) is 0 Å². The van der Waals surface area contributed by atoms with E-state index in [1.807, 2.05) is 11.8 Å². The van der Waals surface area contributed by atoms with Gasteiger partial charge >= 0.3 is 0 Å². The number of aryl methyl sites for hydroxylation is 1. The van der Waals surface area contributed by atoms with E-state index in [4.69, 9.17) is 19.5 Å². The second-order valence-corrected chi connectivity index (χ2v) is 6.50. The fourth-order valence-corrected chi connectivity index (χ4v) is 3.25. The van der Waals surface area contributed by atoms with Crippen molar-refractivity contribution in [3.05, 3.63) is 35.2 Å². The van der Waals surface area contributed by atoms with Crippen LogP contribution in [0, 0.1) is 18.3 Å². The van der Waals surface area contributed by atoms with Crippen molar-refractivity contribution in [1.29, 1.82) is 5.26 Å². The molecule has 1 aliphatic rings. The van der Waals surface area contributed by atoms with Crippen molar-refractivity contribution in [1.82, 2.24) is 14.9 Å². The van der Waals surface area contributed by atoms with Crippen LogP contribution in [0.1, 0.15) is 21.7 Å². The van der Waals surface area contributed by atoms with Crippen molar-refractivity contribution in [2.45, 2.75) is 6.92 Å². The molecule has 0 bridgehead atoms. The summed E-state index contributed by atoms with van der Waals surface area (Å²) in [6.45, 7) is 3.99. The zero-order chi connectivity index (χ0) is 21.0. The average Bonchev–Trinajstić information content (AvgIpc) is 2.77. The fraction of sp³-hybridized carbons (Fsp3) is 0.400. The van der Waals surface area contributed by atoms with E-state index in [2.05, 4.69) is 16.0 Å². The van der Waals surface area contributed by atoms with E-state index in [1.54, 1.807) is 23.1 Å². The van der Waals surface area contributed by atoms with Crippen LogP contribution in [0.15, 0.2) is 18.2 Å². The largest absolute Gasteiger partial charge is 0.493 e. The van der Waals surface area contributed by atoms with Crippen molar-refractivity contribution in [3.63, 3.8) is 0 Å². The standard InChI is InChI=1S/C20H23N5O4/c1-13-9-15(12-21)23-20(22-13)25-7-5-24(6-8-25)19(26)14-10-16(27-2)18(29-4)17(11-14)28-3/h9-11H,5-8H2,1-4H3. The minimum Gasteiger partial charge on any atom is -0.493 e. The molecule has 0 unspecified atom stereocenters. The van der Waals surface area contributed by atoms with Crippen molar-refractivity contribution in [2.75, 3.05) is 52.4 Å². The summed E-state index contributed by atoms with van der Waals surface area (Å²) in [6, 6.07) is 7.00. The van der Waals surface area contributed by atoms with E-state index in [0.717, 1.165) is 5.69 Å². The predicted molar refractivity (Wildman–Crippen MR) is 106 cm³/mol. The molecule has 9 heteroatoms. The predicted octanol–water partition coefficient (Wildman–Crippen LogP) is 1.64. The highest BCUT2D eigenvalue weighted by atomic mass is 16.5. The summed E-state index contributed by atoms with van der Waals surface area (Å²) < 4.78 is 16.0. The number of anilines is 1. The Labute approximate surface area is 169 Å². The average molecular weight is 397 g/mol. The molecule has 29 heavy (non-hydrogen) atoms. The van der Waals surface area contributed by atoms with Crippen LogP contribution >= 0.6 is 0 Å². The highest BCUT2D eigenvalue weighted by Crippen LogP contribution is 2.38. The number of nitrogens with zero attached hydrogens (tertiary/aromatic N) is 5. The van der Waals surface area contributed by atoms with Crippen LogP contribution in [0.3, 0.4) is 0 Å². The molecule has 1 aromatic carbocycles. The molecule has 1 amide bonds. The number of carbonyl (C=O) groups excluding carboxylic acids is 1. The molecule has 0 spiro atoms. The lowest BCUT2D eigenvalue weighted by Gasteiger charge is -2.35. The normalized spacial score (nSPS) is 13.6. The number of hydrogen-bond donors (Lipinski definition) is 0. The first-order chi connectivity index (χ1) is 14.0. The van der Waals surface area contributed by atoms with Crippen LogP contribution in [0.25, 0.3) is 0 Å². The van der Waals surface area contributed by atoms with Gasteiger partial charge in [0.2, 0.25) is 11.7 Å². The van der Waals surface area contributed by atoms with E-state index >= 15 is 0 Å². The summed E-state index contributed by atoms with van der Waals surface area (Å²) in [4.78, 5) is 25.4. The van der Waals surface area contributed by atoms with Crippen molar-refractivity contribution < 1.29 is 19.0 Å². The van der Waals surface area contributed by atoms with E-state index in [0.29, 0.717) is 60.6 Å². The molecule has 1 saturated heterocycles. The van der Waals surface area contributed by atoms with E-state index in [-0.39, 0.29) is 5.91 Å². The molecule has 1 aromatic heterocycles. The lowest BCUT2D eigenvalue weighted by molar-refractivity contribution is 0.0745. The summed E-state index contributed by atoms with van der Waals surface area (Å²) in [6.07, 6.45) is 0. The maximum atomic E-state index is 13.0. The zero-order valence-corrected chi connectivity index (χ0v) is 16.9. The number of benzene rings is 1. The number of ether oxygens (including phenoxy) is 3. The summed E-state index contributed by atoms with van der Waals surface area (Å²) >= 11 is 0. The minimum atomic E-state index is -0.119. The van der Waals surface area contributed by atoms with Gasteiger partial charge in [0.15, 0.2) is 11.5 Å². The SMILES string of the molecule is COc1cc(C(=O)N2CCN(c3nc(C)cc(C#N)n3)CC2)cc(OC)c1OC. The molecule has 2 aromatic rings. The molecule has 2 heterocycles. The number of hydrogen-bond acceptors (Lipinski definition) is 8. The number of nitriles is 1. The third-order valence-electron chi connectivity index (χ3n) is 4.72. The molecule has 9 nitrogen and oxygen atoms in total. The fourth-order valence-electron chi connectivity index (χ4n) is 3.25. The van der Waals surface area contributed by atoms with Gasteiger partial charge in [-0.1, -0.05) is 0 Å². The molecular formula is C20H23N5O4. The Kier molecular flexibility index (Phi) is 6.02. The molecule has 3 rings (SSSR count). The molecule has 1 aliphatic heterocycles. The van der Waals surface area contributed by atoms with Gasteiger partial charge in [-0.05, 0) is 25.1 Å². The van der Waals surface area contributed by atoms with Crippen molar-refractivity contribution in [3.8, 4) is 23.3 Å². The van der Waals surface area contributed by atoms with Gasteiger partial charge in [-0.3, -0.25) is 4.79 Å². The van der Waals surface area contributed by atoms with Crippen molar-refractivity contribution >= 4 is 11.9 Å². The van der Waals surface area contributed by atoms with Crippen LogP contribution in [0.4, 0.5) is 5.95 Å². The van der Waals surface area contributed by atoms with E-state index in [9.17, 15) is 4.79 Å². The van der Waals surface area contributed by atoms with Crippen LogP contribution in [-0.4, -0.2) is 68.3 Å². The molecule has 1 fully saturated rings. The zero-order valence-electron chi connectivity index (χ0n) is 16.9. The lowest BCUT2D eigenvalue weighted by atomic mass is 10.1. The number of amides is 1. The van der Waals surface area contributed by atoms with Gasteiger partial charge in [-0.25, -0.2) is 9.97 Å². The van der Waals surface area contributed by atoms with Crippen LogP contribution in [-0.2, 0) is 0 Å². The van der Waals surface area contributed by atoms with Crippen LogP contribution < -0.4 is 19.1 Å². The second-order valence-electron chi connectivity index (χ2n) is 6.50. The van der Waals surface area contributed by atoms with Crippen LogP contribution in [0.5, 0.6) is 17.2 Å². The Hall–Kier alpha value is -3.54. The third kappa shape index (κ3) is 4.16. The Morgan fingerprint density at radius 2 is 1.62 bits per heavy atom. The van der Waals surface area contributed by atoms with Gasteiger partial charge in [0.05, 0.1) is 21.3 Å². The summed E-state index contributed by atoms with van der Waals surface area (Å²) in [7, 11) is 4.55. The topological polar surface area (TPSA) is 101 Å². The smallest absolute Gasteiger partial charge is 0.254 e. The highest BCUT2D eigenvalue weighted by Gasteiger charge is 2.26.